The first-order valence-electron chi connectivity index (χ1n) is 10.5. The van der Waals surface area contributed by atoms with Gasteiger partial charge in [-0.15, -0.1) is 0 Å². The number of likely N-dealkylation sites (N-methyl/N-ethyl adjacent to an activating group) is 1. The molecule has 0 saturated carbocycles. The van der Waals surface area contributed by atoms with Crippen LogP contribution in [0.4, 0.5) is 11.5 Å². The smallest absolute Gasteiger partial charge is 0.236 e. The third kappa shape index (κ3) is 5.00. The molecular weight excluding hydrogens is 388 g/mol. The predicted octanol–water partition coefficient (Wildman–Crippen LogP) is 2.39. The Bertz CT molecular complexity index is 1000. The normalized spacial score (nSPS) is 13.9. The number of carbonyl (C=O) groups excluding carboxylic acids is 1. The number of anilines is 2. The molecule has 1 fully saturated rings. The summed E-state index contributed by atoms with van der Waals surface area (Å²) in [5.74, 6) is 0.933. The third-order valence-corrected chi connectivity index (χ3v) is 5.66. The second kappa shape index (κ2) is 9.57. The number of benzene rings is 1. The van der Waals surface area contributed by atoms with Crippen molar-refractivity contribution >= 4 is 17.4 Å². The average molecular weight is 417 g/mol. The molecule has 0 aliphatic carbocycles. The van der Waals surface area contributed by atoms with E-state index in [0.29, 0.717) is 6.54 Å². The van der Waals surface area contributed by atoms with Crippen molar-refractivity contribution in [3.05, 3.63) is 72.7 Å². The van der Waals surface area contributed by atoms with E-state index in [0.717, 1.165) is 48.7 Å². The van der Waals surface area contributed by atoms with Gasteiger partial charge in [0.05, 0.1) is 6.54 Å². The Labute approximate surface area is 183 Å². The molecule has 2 aromatic heterocycles. The molecule has 1 aromatic carbocycles. The van der Waals surface area contributed by atoms with Gasteiger partial charge in [0, 0.05) is 69.6 Å². The SMILES string of the molecule is CN(Cc1cccc(-c2ccc(N3CCN(c4ccncc4)CC3)nc2)c1)C(=O)CN. The summed E-state index contributed by atoms with van der Waals surface area (Å²) in [5, 5.41) is 0. The number of piperazine rings is 1. The van der Waals surface area contributed by atoms with Crippen molar-refractivity contribution in [3.63, 3.8) is 0 Å². The van der Waals surface area contributed by atoms with Gasteiger partial charge in [0.15, 0.2) is 0 Å². The minimum Gasteiger partial charge on any atom is -0.368 e. The van der Waals surface area contributed by atoms with Gasteiger partial charge in [0.2, 0.25) is 5.91 Å². The van der Waals surface area contributed by atoms with Crippen molar-refractivity contribution in [2.24, 2.45) is 5.73 Å². The maximum absolute atomic E-state index is 11.7. The molecule has 1 saturated heterocycles. The minimum absolute atomic E-state index is 0.0262. The zero-order chi connectivity index (χ0) is 21.6. The van der Waals surface area contributed by atoms with Crippen LogP contribution in [0.1, 0.15) is 5.56 Å². The van der Waals surface area contributed by atoms with Crippen molar-refractivity contribution in [1.82, 2.24) is 14.9 Å². The number of pyridine rings is 2. The molecule has 0 unspecified atom stereocenters. The molecule has 7 heteroatoms. The highest BCUT2D eigenvalue weighted by Gasteiger charge is 2.18. The summed E-state index contributed by atoms with van der Waals surface area (Å²) in [7, 11) is 1.77. The zero-order valence-electron chi connectivity index (χ0n) is 17.8. The molecule has 2 N–H and O–H groups in total. The molecule has 31 heavy (non-hydrogen) atoms. The van der Waals surface area contributed by atoms with Crippen LogP contribution in [0.25, 0.3) is 11.1 Å². The minimum atomic E-state index is -0.0690. The summed E-state index contributed by atoms with van der Waals surface area (Å²) in [5.41, 5.74) is 9.89. The van der Waals surface area contributed by atoms with E-state index in [1.165, 1.54) is 5.69 Å². The summed E-state index contributed by atoms with van der Waals surface area (Å²) >= 11 is 0. The number of rotatable bonds is 6. The topological polar surface area (TPSA) is 78.6 Å². The molecule has 4 rings (SSSR count). The average Bonchev–Trinajstić information content (AvgIpc) is 2.84. The first-order valence-corrected chi connectivity index (χ1v) is 10.5. The Morgan fingerprint density at radius 2 is 1.74 bits per heavy atom. The van der Waals surface area contributed by atoms with Crippen molar-refractivity contribution in [2.75, 3.05) is 49.6 Å². The Hall–Kier alpha value is -3.45. The lowest BCUT2D eigenvalue weighted by Gasteiger charge is -2.36. The fraction of sp³-hybridized carbons (Fsp3) is 0.292. The van der Waals surface area contributed by atoms with E-state index >= 15 is 0 Å². The molecule has 3 aromatic rings. The summed E-state index contributed by atoms with van der Waals surface area (Å²) in [4.78, 5) is 26.9. The quantitative estimate of drug-likeness (QED) is 0.665. The van der Waals surface area contributed by atoms with Crippen LogP contribution in [0.3, 0.4) is 0 Å². The summed E-state index contributed by atoms with van der Waals surface area (Å²) in [6.45, 7) is 4.36. The second-order valence-corrected chi connectivity index (χ2v) is 7.74. The lowest BCUT2D eigenvalue weighted by atomic mass is 10.0. The van der Waals surface area contributed by atoms with Gasteiger partial charge in [-0.05, 0) is 41.5 Å². The molecule has 0 bridgehead atoms. The summed E-state index contributed by atoms with van der Waals surface area (Å²) in [6.07, 6.45) is 5.61. The molecule has 0 atom stereocenters. The highest BCUT2D eigenvalue weighted by molar-refractivity contribution is 5.77. The number of carbonyl (C=O) groups is 1. The van der Waals surface area contributed by atoms with Gasteiger partial charge in [-0.25, -0.2) is 4.98 Å². The molecule has 7 nitrogen and oxygen atoms in total. The molecule has 160 valence electrons. The van der Waals surface area contributed by atoms with Crippen molar-refractivity contribution in [3.8, 4) is 11.1 Å². The Morgan fingerprint density at radius 1 is 1.00 bits per heavy atom. The van der Waals surface area contributed by atoms with E-state index in [1.54, 1.807) is 11.9 Å². The standard InChI is InChI=1S/C24H28N6O/c1-28(24(31)16-25)18-19-3-2-4-20(15-19)21-5-6-23(27-17-21)30-13-11-29(12-14-30)22-7-9-26-10-8-22/h2-10,15,17H,11-14,16,18,25H2,1H3. The molecule has 0 radical (unpaired) electrons. The third-order valence-electron chi connectivity index (χ3n) is 5.66. The fourth-order valence-electron chi connectivity index (χ4n) is 3.86. The molecular formula is C24H28N6O. The largest absolute Gasteiger partial charge is 0.368 e. The van der Waals surface area contributed by atoms with E-state index in [-0.39, 0.29) is 12.5 Å². The molecule has 3 heterocycles. The highest BCUT2D eigenvalue weighted by Crippen LogP contribution is 2.24. The van der Waals surface area contributed by atoms with Gasteiger partial charge in [0.1, 0.15) is 5.82 Å². The van der Waals surface area contributed by atoms with Gasteiger partial charge >= 0.3 is 0 Å². The van der Waals surface area contributed by atoms with Gasteiger partial charge < -0.3 is 20.4 Å². The Kier molecular flexibility index (Phi) is 6.43. The number of aromatic nitrogens is 2. The van der Waals surface area contributed by atoms with Crippen LogP contribution in [0.15, 0.2) is 67.1 Å². The maximum Gasteiger partial charge on any atom is 0.236 e. The lowest BCUT2D eigenvalue weighted by Crippen LogP contribution is -2.46. The van der Waals surface area contributed by atoms with Crippen LogP contribution in [0.2, 0.25) is 0 Å². The van der Waals surface area contributed by atoms with Crippen molar-refractivity contribution in [2.45, 2.75) is 6.54 Å². The van der Waals surface area contributed by atoms with Crippen molar-refractivity contribution in [1.29, 1.82) is 0 Å². The Morgan fingerprint density at radius 3 is 2.42 bits per heavy atom. The molecule has 0 spiro atoms. The Balaban J connectivity index is 1.40. The van der Waals surface area contributed by atoms with Crippen molar-refractivity contribution < 1.29 is 4.79 Å². The first-order chi connectivity index (χ1) is 15.1. The monoisotopic (exact) mass is 416 g/mol. The lowest BCUT2D eigenvalue weighted by molar-refractivity contribution is -0.128. The first kappa shape index (κ1) is 20.8. The summed E-state index contributed by atoms with van der Waals surface area (Å²) < 4.78 is 0. The van der Waals surface area contributed by atoms with E-state index < -0.39 is 0 Å². The van der Waals surface area contributed by atoms with E-state index in [2.05, 4.69) is 51.2 Å². The van der Waals surface area contributed by atoms with Crippen LogP contribution >= 0.6 is 0 Å². The molecule has 1 aliphatic rings. The molecule has 1 aliphatic heterocycles. The predicted molar refractivity (Wildman–Crippen MR) is 124 cm³/mol. The van der Waals surface area contributed by atoms with Gasteiger partial charge in [-0.1, -0.05) is 18.2 Å². The maximum atomic E-state index is 11.7. The number of amides is 1. The highest BCUT2D eigenvalue weighted by atomic mass is 16.2. The van der Waals surface area contributed by atoms with E-state index in [1.807, 2.05) is 30.7 Å². The second-order valence-electron chi connectivity index (χ2n) is 7.74. The van der Waals surface area contributed by atoms with Crippen LogP contribution < -0.4 is 15.5 Å². The number of hydrogen-bond donors (Lipinski definition) is 1. The summed E-state index contributed by atoms with van der Waals surface area (Å²) in [6, 6.07) is 16.5. The van der Waals surface area contributed by atoms with Gasteiger partial charge in [0.25, 0.3) is 0 Å². The number of nitrogens with two attached hydrogens (primary N) is 1. The fourth-order valence-corrected chi connectivity index (χ4v) is 3.86. The van der Waals surface area contributed by atoms with Crippen LogP contribution in [0, 0.1) is 0 Å². The number of hydrogen-bond acceptors (Lipinski definition) is 6. The zero-order valence-corrected chi connectivity index (χ0v) is 17.8. The van der Waals surface area contributed by atoms with Crippen LogP contribution in [-0.4, -0.2) is 60.5 Å². The van der Waals surface area contributed by atoms with E-state index in [9.17, 15) is 4.79 Å². The van der Waals surface area contributed by atoms with E-state index in [4.69, 9.17) is 10.7 Å². The van der Waals surface area contributed by atoms with Crippen LogP contribution in [-0.2, 0) is 11.3 Å². The number of nitrogens with zero attached hydrogens (tertiary/aromatic N) is 5. The van der Waals surface area contributed by atoms with Crippen LogP contribution in [0.5, 0.6) is 0 Å². The van der Waals surface area contributed by atoms with Gasteiger partial charge in [-0.3, -0.25) is 9.78 Å². The van der Waals surface area contributed by atoms with Gasteiger partial charge in [-0.2, -0.15) is 0 Å². The molecule has 1 amide bonds.